The number of anilines is 1. The van der Waals surface area contributed by atoms with Crippen molar-refractivity contribution in [3.05, 3.63) is 54.1 Å². The molecule has 2 nitrogen and oxygen atoms in total. The van der Waals surface area contributed by atoms with Crippen LogP contribution in [-0.4, -0.2) is 10.7 Å². The Morgan fingerprint density at radius 2 is 1.84 bits per heavy atom. The minimum atomic E-state index is 0.822. The van der Waals surface area contributed by atoms with E-state index in [4.69, 9.17) is 5.73 Å². The number of thiazole rings is 1. The van der Waals surface area contributed by atoms with Gasteiger partial charge in [-0.25, -0.2) is 4.98 Å². The standard InChI is InChI=1S/C15H14N2S2/c16-12-7-5-11(6-8-12)9-10-18-15-17-13-3-1-2-4-14(13)19-15/h1-8H,9-10,16H2. The van der Waals surface area contributed by atoms with Crippen LogP contribution in [0.5, 0.6) is 0 Å². The first-order valence-electron chi connectivity index (χ1n) is 6.14. The van der Waals surface area contributed by atoms with Crippen LogP contribution in [0.3, 0.4) is 0 Å². The summed E-state index contributed by atoms with van der Waals surface area (Å²) >= 11 is 3.59. The Bertz CT molecular complexity index is 641. The fourth-order valence-electron chi connectivity index (χ4n) is 1.85. The van der Waals surface area contributed by atoms with Crippen molar-refractivity contribution in [1.29, 1.82) is 0 Å². The Morgan fingerprint density at radius 3 is 2.63 bits per heavy atom. The lowest BCUT2D eigenvalue weighted by Gasteiger charge is -2.00. The van der Waals surface area contributed by atoms with Crippen molar-refractivity contribution >= 4 is 39.0 Å². The Kier molecular flexibility index (Phi) is 3.71. The van der Waals surface area contributed by atoms with E-state index in [1.807, 2.05) is 30.0 Å². The van der Waals surface area contributed by atoms with E-state index < -0.39 is 0 Å². The van der Waals surface area contributed by atoms with Crippen molar-refractivity contribution in [2.75, 3.05) is 11.5 Å². The molecule has 3 aromatic rings. The Hall–Kier alpha value is -1.52. The molecule has 2 aromatic carbocycles. The quantitative estimate of drug-likeness (QED) is 0.576. The molecule has 0 saturated heterocycles. The lowest BCUT2D eigenvalue weighted by Crippen LogP contribution is -1.90. The normalized spacial score (nSPS) is 10.9. The lowest BCUT2D eigenvalue weighted by molar-refractivity contribution is 1.15. The van der Waals surface area contributed by atoms with Crippen molar-refractivity contribution in [2.24, 2.45) is 0 Å². The highest BCUT2D eigenvalue weighted by Crippen LogP contribution is 2.29. The van der Waals surface area contributed by atoms with Gasteiger partial charge in [-0.3, -0.25) is 0 Å². The first-order valence-corrected chi connectivity index (χ1v) is 7.94. The first kappa shape index (κ1) is 12.5. The minimum Gasteiger partial charge on any atom is -0.399 e. The molecule has 19 heavy (non-hydrogen) atoms. The number of nitrogen functional groups attached to an aromatic ring is 1. The van der Waals surface area contributed by atoms with E-state index >= 15 is 0 Å². The maximum Gasteiger partial charge on any atom is 0.151 e. The molecule has 0 unspecified atom stereocenters. The summed E-state index contributed by atoms with van der Waals surface area (Å²) in [5.41, 5.74) is 8.92. The van der Waals surface area contributed by atoms with Crippen LogP contribution in [0.2, 0.25) is 0 Å². The molecule has 96 valence electrons. The molecule has 4 heteroatoms. The number of rotatable bonds is 4. The predicted molar refractivity (Wildman–Crippen MR) is 84.9 cm³/mol. The highest BCUT2D eigenvalue weighted by molar-refractivity contribution is 8.01. The highest BCUT2D eigenvalue weighted by atomic mass is 32.2. The predicted octanol–water partition coefficient (Wildman–Crippen LogP) is 4.21. The number of hydrogen-bond acceptors (Lipinski definition) is 4. The van der Waals surface area contributed by atoms with Crippen molar-refractivity contribution in [3.8, 4) is 0 Å². The van der Waals surface area contributed by atoms with Crippen LogP contribution in [0.25, 0.3) is 10.2 Å². The zero-order valence-electron chi connectivity index (χ0n) is 10.4. The van der Waals surface area contributed by atoms with Gasteiger partial charge in [-0.1, -0.05) is 36.0 Å². The number of aromatic nitrogens is 1. The number of aryl methyl sites for hydroxylation is 1. The number of nitrogens with two attached hydrogens (primary N) is 1. The zero-order chi connectivity index (χ0) is 13.1. The van der Waals surface area contributed by atoms with Gasteiger partial charge in [-0.15, -0.1) is 11.3 Å². The van der Waals surface area contributed by atoms with Crippen molar-refractivity contribution < 1.29 is 0 Å². The molecule has 0 bridgehead atoms. The molecule has 0 aliphatic heterocycles. The fraction of sp³-hybridized carbons (Fsp3) is 0.133. The van der Waals surface area contributed by atoms with Gasteiger partial charge in [-0.05, 0) is 36.2 Å². The molecule has 2 N–H and O–H groups in total. The van der Waals surface area contributed by atoms with E-state index in [0.717, 1.165) is 27.7 Å². The number of para-hydroxylation sites is 1. The van der Waals surface area contributed by atoms with Gasteiger partial charge < -0.3 is 5.73 Å². The van der Waals surface area contributed by atoms with E-state index in [9.17, 15) is 0 Å². The number of hydrogen-bond donors (Lipinski definition) is 1. The molecule has 0 fully saturated rings. The van der Waals surface area contributed by atoms with Crippen LogP contribution in [0.1, 0.15) is 5.56 Å². The number of benzene rings is 2. The number of nitrogens with zero attached hydrogens (tertiary/aromatic N) is 1. The van der Waals surface area contributed by atoms with E-state index in [2.05, 4.69) is 35.3 Å². The first-order chi connectivity index (χ1) is 9.31. The van der Waals surface area contributed by atoms with Gasteiger partial charge in [0.25, 0.3) is 0 Å². The maximum absolute atomic E-state index is 5.68. The second-order valence-corrected chi connectivity index (χ2v) is 6.66. The summed E-state index contributed by atoms with van der Waals surface area (Å²) in [6, 6.07) is 16.4. The van der Waals surface area contributed by atoms with Crippen LogP contribution in [0, 0.1) is 0 Å². The van der Waals surface area contributed by atoms with Crippen molar-refractivity contribution in [1.82, 2.24) is 4.98 Å². The van der Waals surface area contributed by atoms with Crippen LogP contribution in [-0.2, 0) is 6.42 Å². The average Bonchev–Trinajstić information content (AvgIpc) is 2.83. The molecule has 3 rings (SSSR count). The van der Waals surface area contributed by atoms with E-state index in [-0.39, 0.29) is 0 Å². The monoisotopic (exact) mass is 286 g/mol. The molecule has 1 heterocycles. The number of fused-ring (bicyclic) bond motifs is 1. The summed E-state index contributed by atoms with van der Waals surface area (Å²) in [7, 11) is 0. The van der Waals surface area contributed by atoms with Gasteiger partial charge in [0, 0.05) is 11.4 Å². The van der Waals surface area contributed by atoms with Crippen LogP contribution < -0.4 is 5.73 Å². The highest BCUT2D eigenvalue weighted by Gasteiger charge is 2.03. The van der Waals surface area contributed by atoms with Gasteiger partial charge in [-0.2, -0.15) is 0 Å². The Morgan fingerprint density at radius 1 is 1.05 bits per heavy atom. The maximum atomic E-state index is 5.68. The summed E-state index contributed by atoms with van der Waals surface area (Å²) in [5.74, 6) is 1.05. The van der Waals surface area contributed by atoms with Crippen LogP contribution in [0.4, 0.5) is 5.69 Å². The zero-order valence-corrected chi connectivity index (χ0v) is 12.0. The third-order valence-corrected chi connectivity index (χ3v) is 5.05. The average molecular weight is 286 g/mol. The molecule has 1 aromatic heterocycles. The molecule has 0 aliphatic carbocycles. The topological polar surface area (TPSA) is 38.9 Å². The molecular weight excluding hydrogens is 272 g/mol. The van der Waals surface area contributed by atoms with Crippen molar-refractivity contribution in [2.45, 2.75) is 10.8 Å². The van der Waals surface area contributed by atoms with Crippen molar-refractivity contribution in [3.63, 3.8) is 0 Å². The second kappa shape index (κ2) is 5.63. The van der Waals surface area contributed by atoms with Crippen LogP contribution in [0.15, 0.2) is 52.9 Å². The smallest absolute Gasteiger partial charge is 0.151 e. The third kappa shape index (κ3) is 3.08. The largest absolute Gasteiger partial charge is 0.399 e. The molecule has 0 atom stereocenters. The van der Waals surface area contributed by atoms with Gasteiger partial charge in [0.05, 0.1) is 10.2 Å². The van der Waals surface area contributed by atoms with E-state index in [1.165, 1.54) is 10.3 Å². The summed E-state index contributed by atoms with van der Waals surface area (Å²) in [6.07, 6.45) is 1.04. The summed E-state index contributed by atoms with van der Waals surface area (Å²) in [6.45, 7) is 0. The summed E-state index contributed by atoms with van der Waals surface area (Å²) in [4.78, 5) is 4.62. The Balaban J connectivity index is 1.61. The minimum absolute atomic E-state index is 0.822. The van der Waals surface area contributed by atoms with Crippen LogP contribution >= 0.6 is 23.1 Å². The van der Waals surface area contributed by atoms with E-state index in [0.29, 0.717) is 0 Å². The second-order valence-electron chi connectivity index (χ2n) is 4.29. The molecule has 0 spiro atoms. The van der Waals surface area contributed by atoms with E-state index in [1.54, 1.807) is 11.3 Å². The Labute approximate surface area is 120 Å². The molecule has 0 saturated carbocycles. The van der Waals surface area contributed by atoms with Gasteiger partial charge >= 0.3 is 0 Å². The molecular formula is C15H14N2S2. The van der Waals surface area contributed by atoms with Gasteiger partial charge in [0.2, 0.25) is 0 Å². The molecule has 0 amide bonds. The summed E-state index contributed by atoms with van der Waals surface area (Å²) in [5, 5.41) is 0. The summed E-state index contributed by atoms with van der Waals surface area (Å²) < 4.78 is 2.41. The fourth-order valence-corrected chi connectivity index (χ4v) is 3.98. The van der Waals surface area contributed by atoms with Gasteiger partial charge in [0.1, 0.15) is 0 Å². The SMILES string of the molecule is Nc1ccc(CCSc2nc3ccccc3s2)cc1. The lowest BCUT2D eigenvalue weighted by atomic mass is 10.2. The number of thioether (sulfide) groups is 1. The third-order valence-electron chi connectivity index (χ3n) is 2.87. The van der Waals surface area contributed by atoms with Gasteiger partial charge in [0.15, 0.2) is 4.34 Å². The molecule has 0 aliphatic rings. The molecule has 0 radical (unpaired) electrons.